The highest BCUT2D eigenvalue weighted by molar-refractivity contribution is 6.30. The zero-order valence-corrected chi connectivity index (χ0v) is 14.0. The third-order valence-electron chi connectivity index (χ3n) is 2.97. The van der Waals surface area contributed by atoms with Crippen LogP contribution in [0.5, 0.6) is 0 Å². The first-order chi connectivity index (χ1) is 12.1. The van der Waals surface area contributed by atoms with Crippen LogP contribution < -0.4 is 0 Å². The van der Waals surface area contributed by atoms with Crippen molar-refractivity contribution in [2.45, 2.75) is 6.61 Å². The molecule has 2 aromatic carbocycles. The summed E-state index contributed by atoms with van der Waals surface area (Å²) < 4.78 is 9.84. The van der Waals surface area contributed by atoms with Crippen molar-refractivity contribution >= 4 is 29.6 Å². The van der Waals surface area contributed by atoms with Gasteiger partial charge >= 0.3 is 11.9 Å². The Bertz CT molecular complexity index is 799. The summed E-state index contributed by atoms with van der Waals surface area (Å²) in [5.41, 5.74) is 1.69. The van der Waals surface area contributed by atoms with Crippen molar-refractivity contribution in [2.24, 2.45) is 0 Å². The number of esters is 2. The zero-order chi connectivity index (χ0) is 17.9. The number of halogens is 1. The molecule has 0 aliphatic carbocycles. The van der Waals surface area contributed by atoms with Crippen molar-refractivity contribution in [2.75, 3.05) is 6.61 Å². The molecule has 2 aromatic rings. The molecule has 0 bridgehead atoms. The van der Waals surface area contributed by atoms with Gasteiger partial charge < -0.3 is 9.47 Å². The molecule has 0 aliphatic heterocycles. The first-order valence-corrected chi connectivity index (χ1v) is 7.81. The Morgan fingerprint density at radius 2 is 1.72 bits per heavy atom. The molecule has 0 spiro atoms. The van der Waals surface area contributed by atoms with E-state index >= 15 is 0 Å². The third-order valence-corrected chi connectivity index (χ3v) is 3.22. The van der Waals surface area contributed by atoms with Gasteiger partial charge in [0.1, 0.15) is 6.61 Å². The van der Waals surface area contributed by atoms with Gasteiger partial charge in [-0.1, -0.05) is 54.1 Å². The lowest BCUT2D eigenvalue weighted by Crippen LogP contribution is -2.03. The van der Waals surface area contributed by atoms with Crippen molar-refractivity contribution < 1.29 is 19.1 Å². The minimum Gasteiger partial charge on any atom is -0.451 e. The molecule has 5 heteroatoms. The Hall–Kier alpha value is -3.03. The van der Waals surface area contributed by atoms with Gasteiger partial charge in [0.2, 0.25) is 0 Å². The number of hydrogen-bond acceptors (Lipinski definition) is 4. The van der Waals surface area contributed by atoms with Crippen molar-refractivity contribution in [1.82, 2.24) is 0 Å². The molecule has 0 aromatic heterocycles. The van der Waals surface area contributed by atoms with Crippen LogP contribution in [0.1, 0.15) is 11.1 Å². The molecule has 0 amide bonds. The lowest BCUT2D eigenvalue weighted by molar-refractivity contribution is -0.138. The highest BCUT2D eigenvalue weighted by Crippen LogP contribution is 2.10. The minimum atomic E-state index is -0.670. The summed E-state index contributed by atoms with van der Waals surface area (Å²) in [5.74, 6) is 3.48. The van der Waals surface area contributed by atoms with E-state index < -0.39 is 11.9 Å². The zero-order valence-electron chi connectivity index (χ0n) is 13.3. The first kappa shape index (κ1) is 18.3. The third kappa shape index (κ3) is 7.38. The molecular formula is C20H15ClO4. The van der Waals surface area contributed by atoms with Crippen LogP contribution in [0.4, 0.5) is 0 Å². The summed E-state index contributed by atoms with van der Waals surface area (Å²) in [5, 5.41) is 0.620. The number of carbonyl (C=O) groups is 2. The van der Waals surface area contributed by atoms with Gasteiger partial charge in [-0.2, -0.15) is 0 Å². The van der Waals surface area contributed by atoms with Crippen molar-refractivity contribution in [3.8, 4) is 11.8 Å². The number of ether oxygens (including phenoxy) is 2. The van der Waals surface area contributed by atoms with Crippen LogP contribution in [0.25, 0.3) is 6.08 Å². The molecule has 25 heavy (non-hydrogen) atoms. The van der Waals surface area contributed by atoms with E-state index in [1.54, 1.807) is 30.3 Å². The normalized spacial score (nSPS) is 9.96. The summed E-state index contributed by atoms with van der Waals surface area (Å²) >= 11 is 5.77. The summed E-state index contributed by atoms with van der Waals surface area (Å²) in [6.45, 7) is -0.0395. The molecule has 0 saturated heterocycles. The number of hydrogen-bond donors (Lipinski definition) is 0. The van der Waals surface area contributed by atoms with E-state index in [1.165, 1.54) is 6.08 Å². The van der Waals surface area contributed by atoms with Crippen LogP contribution in [0.2, 0.25) is 5.02 Å². The van der Waals surface area contributed by atoms with Gasteiger partial charge in [0.05, 0.1) is 0 Å². The maximum absolute atomic E-state index is 11.5. The molecule has 4 nitrogen and oxygen atoms in total. The molecule has 0 unspecified atom stereocenters. The van der Waals surface area contributed by atoms with E-state index in [0.29, 0.717) is 5.02 Å². The number of carbonyl (C=O) groups excluding carboxylic acids is 2. The molecule has 2 rings (SSSR count). The van der Waals surface area contributed by atoms with Gasteiger partial charge in [0.25, 0.3) is 0 Å². The maximum Gasteiger partial charge on any atom is 0.384 e. The van der Waals surface area contributed by atoms with Crippen LogP contribution in [0, 0.1) is 11.8 Å². The maximum atomic E-state index is 11.5. The Labute approximate surface area is 151 Å². The average molecular weight is 355 g/mol. The average Bonchev–Trinajstić information content (AvgIpc) is 2.64. The molecule has 0 atom stereocenters. The molecule has 0 aliphatic rings. The molecule has 0 fully saturated rings. The Balaban J connectivity index is 1.69. The number of rotatable bonds is 5. The highest BCUT2D eigenvalue weighted by Gasteiger charge is 1.99. The molecule has 0 N–H and O–H groups in total. The summed E-state index contributed by atoms with van der Waals surface area (Å²) in [6.07, 6.45) is 2.87. The number of benzene rings is 2. The quantitative estimate of drug-likeness (QED) is 0.356. The molecular weight excluding hydrogens is 340 g/mol. The SMILES string of the molecule is O=C(C#CCOC(=O)/C=C/c1ccc(Cl)cc1)OCc1ccccc1. The van der Waals surface area contributed by atoms with Crippen LogP contribution in [0.3, 0.4) is 0 Å². The van der Waals surface area contributed by atoms with Gasteiger partial charge in [-0.3, -0.25) is 0 Å². The van der Waals surface area contributed by atoms with E-state index in [-0.39, 0.29) is 13.2 Å². The second kappa shape index (κ2) is 9.96. The molecule has 0 saturated carbocycles. The van der Waals surface area contributed by atoms with E-state index in [9.17, 15) is 9.59 Å². The van der Waals surface area contributed by atoms with Gasteiger partial charge in [-0.05, 0) is 35.3 Å². The largest absolute Gasteiger partial charge is 0.451 e. The Morgan fingerprint density at radius 1 is 1.00 bits per heavy atom. The smallest absolute Gasteiger partial charge is 0.384 e. The predicted molar refractivity (Wildman–Crippen MR) is 95.5 cm³/mol. The van der Waals surface area contributed by atoms with Gasteiger partial charge in [0.15, 0.2) is 6.61 Å². The van der Waals surface area contributed by atoms with E-state index in [1.807, 2.05) is 30.3 Å². The lowest BCUT2D eigenvalue weighted by atomic mass is 10.2. The van der Waals surface area contributed by atoms with Crippen molar-refractivity contribution in [3.63, 3.8) is 0 Å². The monoisotopic (exact) mass is 354 g/mol. The summed E-state index contributed by atoms with van der Waals surface area (Å²) in [4.78, 5) is 23.0. The summed E-state index contributed by atoms with van der Waals surface area (Å²) in [6, 6.07) is 16.3. The molecule has 0 radical (unpaired) electrons. The predicted octanol–water partition coefficient (Wildman–Crippen LogP) is 3.64. The van der Waals surface area contributed by atoms with Gasteiger partial charge in [-0.15, -0.1) is 0 Å². The Kier molecular flexibility index (Phi) is 7.30. The molecule has 126 valence electrons. The van der Waals surface area contributed by atoms with Crippen molar-refractivity contribution in [1.29, 1.82) is 0 Å². The Morgan fingerprint density at radius 3 is 2.44 bits per heavy atom. The first-order valence-electron chi connectivity index (χ1n) is 7.43. The second-order valence-corrected chi connectivity index (χ2v) is 5.29. The van der Waals surface area contributed by atoms with E-state index in [2.05, 4.69) is 11.8 Å². The fourth-order valence-corrected chi connectivity index (χ4v) is 1.89. The van der Waals surface area contributed by atoms with E-state index in [4.69, 9.17) is 21.1 Å². The second-order valence-electron chi connectivity index (χ2n) is 4.86. The van der Waals surface area contributed by atoms with Crippen LogP contribution >= 0.6 is 11.6 Å². The lowest BCUT2D eigenvalue weighted by Gasteiger charge is -2.00. The molecule has 0 heterocycles. The topological polar surface area (TPSA) is 52.6 Å². The van der Waals surface area contributed by atoms with Crippen LogP contribution in [-0.4, -0.2) is 18.5 Å². The standard InChI is InChI=1S/C20H15ClO4/c21-18-11-8-16(9-12-18)10-13-20(23)24-14-4-7-19(22)25-15-17-5-2-1-3-6-17/h1-3,5-6,8-13H,14-15H2/b13-10+. The highest BCUT2D eigenvalue weighted by atomic mass is 35.5. The fraction of sp³-hybridized carbons (Fsp3) is 0.100. The van der Waals surface area contributed by atoms with E-state index in [0.717, 1.165) is 11.1 Å². The van der Waals surface area contributed by atoms with Gasteiger partial charge in [0, 0.05) is 17.0 Å². The van der Waals surface area contributed by atoms with Crippen LogP contribution in [0.15, 0.2) is 60.7 Å². The van der Waals surface area contributed by atoms with Crippen molar-refractivity contribution in [3.05, 3.63) is 76.8 Å². The van der Waals surface area contributed by atoms with Gasteiger partial charge in [-0.25, -0.2) is 9.59 Å². The fourth-order valence-electron chi connectivity index (χ4n) is 1.76. The minimum absolute atomic E-state index is 0.151. The summed E-state index contributed by atoms with van der Waals surface area (Å²) in [7, 11) is 0. The van der Waals surface area contributed by atoms with Crippen LogP contribution in [-0.2, 0) is 25.7 Å².